The zero-order chi connectivity index (χ0) is 17.7. The Hall–Kier alpha value is -2.82. The predicted octanol–water partition coefficient (Wildman–Crippen LogP) is 3.30. The molecule has 0 saturated heterocycles. The highest BCUT2D eigenvalue weighted by molar-refractivity contribution is 6.02. The summed E-state index contributed by atoms with van der Waals surface area (Å²) in [6.07, 6.45) is 0. The van der Waals surface area contributed by atoms with Crippen molar-refractivity contribution in [3.05, 3.63) is 53.6 Å². The van der Waals surface area contributed by atoms with Gasteiger partial charge in [0, 0.05) is 18.3 Å². The van der Waals surface area contributed by atoms with E-state index in [9.17, 15) is 9.59 Å². The van der Waals surface area contributed by atoms with Crippen LogP contribution in [-0.4, -0.2) is 25.5 Å². The zero-order valence-electron chi connectivity index (χ0n) is 14.4. The molecular formula is C19H22N2O3. The van der Waals surface area contributed by atoms with Crippen LogP contribution in [0.1, 0.15) is 18.1 Å². The van der Waals surface area contributed by atoms with Crippen molar-refractivity contribution in [3.8, 4) is 5.75 Å². The van der Waals surface area contributed by atoms with Crippen LogP contribution in [0.5, 0.6) is 5.75 Å². The van der Waals surface area contributed by atoms with Crippen LogP contribution >= 0.6 is 0 Å². The van der Waals surface area contributed by atoms with E-state index in [1.807, 2.05) is 32.0 Å². The number of hydrogen-bond donors (Lipinski definition) is 1. The van der Waals surface area contributed by atoms with Crippen molar-refractivity contribution in [3.63, 3.8) is 0 Å². The van der Waals surface area contributed by atoms with Crippen molar-refractivity contribution >= 4 is 23.2 Å². The van der Waals surface area contributed by atoms with Crippen molar-refractivity contribution in [2.24, 2.45) is 0 Å². The van der Waals surface area contributed by atoms with E-state index in [-0.39, 0.29) is 18.4 Å². The summed E-state index contributed by atoms with van der Waals surface area (Å²) in [5.41, 5.74) is 3.53. The van der Waals surface area contributed by atoms with Crippen LogP contribution in [0.25, 0.3) is 0 Å². The molecule has 0 heterocycles. The van der Waals surface area contributed by atoms with E-state index in [4.69, 9.17) is 4.74 Å². The van der Waals surface area contributed by atoms with Crippen molar-refractivity contribution in [1.82, 2.24) is 0 Å². The molecule has 0 aromatic heterocycles. The maximum atomic E-state index is 12.3. The zero-order valence-corrected chi connectivity index (χ0v) is 14.4. The lowest BCUT2D eigenvalue weighted by Gasteiger charge is -2.21. The first-order valence-electron chi connectivity index (χ1n) is 7.70. The van der Waals surface area contributed by atoms with Crippen LogP contribution in [0.3, 0.4) is 0 Å². The monoisotopic (exact) mass is 326 g/mol. The van der Waals surface area contributed by atoms with Crippen LogP contribution < -0.4 is 15.0 Å². The summed E-state index contributed by atoms with van der Waals surface area (Å²) < 4.78 is 5.11. The number of ether oxygens (including phenoxy) is 1. The molecule has 0 fully saturated rings. The van der Waals surface area contributed by atoms with Gasteiger partial charge in [-0.1, -0.05) is 17.7 Å². The lowest BCUT2D eigenvalue weighted by molar-refractivity contribution is -0.120. The van der Waals surface area contributed by atoms with Gasteiger partial charge in [0.2, 0.25) is 11.8 Å². The molecule has 0 spiro atoms. The Bertz CT molecular complexity index is 739. The summed E-state index contributed by atoms with van der Waals surface area (Å²) in [4.78, 5) is 25.7. The Morgan fingerprint density at radius 1 is 1.08 bits per heavy atom. The first-order chi connectivity index (χ1) is 11.4. The van der Waals surface area contributed by atoms with Crippen LogP contribution in [0.2, 0.25) is 0 Å². The highest BCUT2D eigenvalue weighted by Crippen LogP contribution is 2.20. The molecule has 0 aliphatic heterocycles. The molecule has 0 unspecified atom stereocenters. The average Bonchev–Trinajstić information content (AvgIpc) is 2.55. The molecule has 126 valence electrons. The number of hydrogen-bond acceptors (Lipinski definition) is 3. The molecule has 0 atom stereocenters. The summed E-state index contributed by atoms with van der Waals surface area (Å²) in [6.45, 7) is 5.33. The van der Waals surface area contributed by atoms with Crippen LogP contribution in [-0.2, 0) is 9.59 Å². The molecule has 2 aromatic carbocycles. The number of carbonyl (C=O) groups excluding carboxylic acids is 2. The molecule has 5 nitrogen and oxygen atoms in total. The van der Waals surface area contributed by atoms with Crippen molar-refractivity contribution in [2.45, 2.75) is 20.8 Å². The number of anilines is 2. The van der Waals surface area contributed by atoms with E-state index in [0.717, 1.165) is 16.8 Å². The second-order valence-corrected chi connectivity index (χ2v) is 5.67. The second-order valence-electron chi connectivity index (χ2n) is 5.67. The lowest BCUT2D eigenvalue weighted by atomic mass is 10.1. The highest BCUT2D eigenvalue weighted by Gasteiger charge is 2.16. The van der Waals surface area contributed by atoms with Gasteiger partial charge in [-0.15, -0.1) is 0 Å². The largest absolute Gasteiger partial charge is 0.497 e. The fourth-order valence-corrected chi connectivity index (χ4v) is 2.43. The van der Waals surface area contributed by atoms with Gasteiger partial charge >= 0.3 is 0 Å². The van der Waals surface area contributed by atoms with Crippen molar-refractivity contribution in [2.75, 3.05) is 23.9 Å². The minimum absolute atomic E-state index is 0.0466. The van der Waals surface area contributed by atoms with Gasteiger partial charge in [-0.2, -0.15) is 0 Å². The Morgan fingerprint density at radius 3 is 2.29 bits per heavy atom. The normalized spacial score (nSPS) is 10.2. The fraction of sp³-hybridized carbons (Fsp3) is 0.263. The van der Waals surface area contributed by atoms with Gasteiger partial charge in [0.05, 0.1) is 7.11 Å². The average molecular weight is 326 g/mol. The number of amides is 2. The quantitative estimate of drug-likeness (QED) is 0.917. The number of methoxy groups -OCH3 is 1. The van der Waals surface area contributed by atoms with E-state index in [0.29, 0.717) is 11.4 Å². The molecule has 0 aliphatic carbocycles. The summed E-state index contributed by atoms with van der Waals surface area (Å²) in [5, 5.41) is 2.86. The SMILES string of the molecule is COc1ccc(N(CC(=O)Nc2ccc(C)cc2C)C(C)=O)cc1. The summed E-state index contributed by atoms with van der Waals surface area (Å²) in [7, 11) is 1.58. The molecule has 1 N–H and O–H groups in total. The van der Waals surface area contributed by atoms with Crippen LogP contribution in [0, 0.1) is 13.8 Å². The standard InChI is InChI=1S/C19H22N2O3/c1-13-5-10-18(14(2)11-13)20-19(23)12-21(15(3)22)16-6-8-17(24-4)9-7-16/h5-11H,12H2,1-4H3,(H,20,23). The van der Waals surface area contributed by atoms with Gasteiger partial charge in [0.25, 0.3) is 0 Å². The molecule has 24 heavy (non-hydrogen) atoms. The minimum atomic E-state index is -0.243. The van der Waals surface area contributed by atoms with Gasteiger partial charge in [-0.05, 0) is 49.7 Å². The Labute approximate surface area is 142 Å². The highest BCUT2D eigenvalue weighted by atomic mass is 16.5. The van der Waals surface area contributed by atoms with Gasteiger partial charge in [-0.25, -0.2) is 0 Å². The number of aryl methyl sites for hydroxylation is 2. The molecule has 2 amide bonds. The van der Waals surface area contributed by atoms with E-state index in [1.165, 1.54) is 11.8 Å². The van der Waals surface area contributed by atoms with Crippen molar-refractivity contribution in [1.29, 1.82) is 0 Å². The molecule has 0 radical (unpaired) electrons. The molecule has 2 aromatic rings. The smallest absolute Gasteiger partial charge is 0.244 e. The van der Waals surface area contributed by atoms with E-state index in [1.54, 1.807) is 31.4 Å². The van der Waals surface area contributed by atoms with Gasteiger partial charge in [0.15, 0.2) is 0 Å². The van der Waals surface area contributed by atoms with Gasteiger partial charge < -0.3 is 15.0 Å². The van der Waals surface area contributed by atoms with Crippen LogP contribution in [0.4, 0.5) is 11.4 Å². The minimum Gasteiger partial charge on any atom is -0.497 e. The summed E-state index contributed by atoms with van der Waals surface area (Å²) in [6, 6.07) is 12.8. The second kappa shape index (κ2) is 7.64. The molecule has 0 saturated carbocycles. The Kier molecular flexibility index (Phi) is 5.58. The summed E-state index contributed by atoms with van der Waals surface area (Å²) >= 11 is 0. The maximum absolute atomic E-state index is 12.3. The number of rotatable bonds is 5. The third-order valence-electron chi connectivity index (χ3n) is 3.72. The predicted molar refractivity (Wildman–Crippen MR) is 95.6 cm³/mol. The van der Waals surface area contributed by atoms with Gasteiger partial charge in [-0.3, -0.25) is 9.59 Å². The molecule has 2 rings (SSSR count). The first kappa shape index (κ1) is 17.5. The number of nitrogens with zero attached hydrogens (tertiary/aromatic N) is 1. The third kappa shape index (κ3) is 4.35. The first-order valence-corrected chi connectivity index (χ1v) is 7.70. The number of benzene rings is 2. The molecular weight excluding hydrogens is 304 g/mol. The Morgan fingerprint density at radius 2 is 1.75 bits per heavy atom. The van der Waals surface area contributed by atoms with E-state index in [2.05, 4.69) is 5.32 Å². The maximum Gasteiger partial charge on any atom is 0.244 e. The third-order valence-corrected chi connectivity index (χ3v) is 3.72. The number of carbonyl (C=O) groups is 2. The lowest BCUT2D eigenvalue weighted by Crippen LogP contribution is -2.36. The van der Waals surface area contributed by atoms with Crippen LogP contribution in [0.15, 0.2) is 42.5 Å². The molecule has 5 heteroatoms. The fourth-order valence-electron chi connectivity index (χ4n) is 2.43. The Balaban J connectivity index is 2.11. The molecule has 0 bridgehead atoms. The molecule has 0 aliphatic rings. The van der Waals surface area contributed by atoms with Gasteiger partial charge in [0.1, 0.15) is 12.3 Å². The van der Waals surface area contributed by atoms with E-state index < -0.39 is 0 Å². The van der Waals surface area contributed by atoms with Crippen molar-refractivity contribution < 1.29 is 14.3 Å². The number of nitrogens with one attached hydrogen (secondary N) is 1. The summed E-state index contributed by atoms with van der Waals surface area (Å²) in [5.74, 6) is 0.255. The topological polar surface area (TPSA) is 58.6 Å². The van der Waals surface area contributed by atoms with E-state index >= 15 is 0 Å².